The van der Waals surface area contributed by atoms with E-state index in [1.165, 1.54) is 0 Å². The predicted octanol–water partition coefficient (Wildman–Crippen LogP) is 2.26. The van der Waals surface area contributed by atoms with E-state index in [-0.39, 0.29) is 22.5 Å². The van der Waals surface area contributed by atoms with Gasteiger partial charge in [-0.1, -0.05) is 26.0 Å². The minimum atomic E-state index is -0.491. The van der Waals surface area contributed by atoms with Crippen LogP contribution in [0.3, 0.4) is 0 Å². The maximum absolute atomic E-state index is 12.5. The van der Waals surface area contributed by atoms with Crippen molar-refractivity contribution in [2.24, 2.45) is 5.92 Å². The average Bonchev–Trinajstić information content (AvgIpc) is 2.78. The van der Waals surface area contributed by atoms with Crippen molar-refractivity contribution in [1.82, 2.24) is 16.2 Å². The summed E-state index contributed by atoms with van der Waals surface area (Å²) in [6, 6.07) is 13.1. The molecule has 10 heteroatoms. The summed E-state index contributed by atoms with van der Waals surface area (Å²) in [5.74, 6) is -0.835. The summed E-state index contributed by atoms with van der Waals surface area (Å²) in [6.45, 7) is 4.25. The molecule has 3 amide bonds. The molecule has 0 aromatic heterocycles. The maximum atomic E-state index is 12.5. The van der Waals surface area contributed by atoms with E-state index in [0.717, 1.165) is 0 Å². The number of methoxy groups -OCH3 is 1. The van der Waals surface area contributed by atoms with Gasteiger partial charge in [-0.15, -0.1) is 0 Å². The Balaban J connectivity index is 1.87. The molecule has 0 radical (unpaired) electrons. The quantitative estimate of drug-likeness (QED) is 0.272. The van der Waals surface area contributed by atoms with E-state index in [1.54, 1.807) is 69.5 Å². The number of carbonyl (C=O) groups excluding carboxylic acids is 3. The third-order valence-electron chi connectivity index (χ3n) is 4.13. The lowest BCUT2D eigenvalue weighted by Crippen LogP contribution is -2.48. The SMILES string of the molecule is COCCOc1ccccc1C(=O)NC(=S)NNC(=O)c1ccc(NC(=O)C(C)C)cc1. The Morgan fingerprint density at radius 3 is 2.28 bits per heavy atom. The largest absolute Gasteiger partial charge is 0.490 e. The highest BCUT2D eigenvalue weighted by molar-refractivity contribution is 7.80. The van der Waals surface area contributed by atoms with Gasteiger partial charge < -0.3 is 14.8 Å². The van der Waals surface area contributed by atoms with Gasteiger partial charge in [-0.3, -0.25) is 30.6 Å². The van der Waals surface area contributed by atoms with Crippen molar-refractivity contribution in [2.75, 3.05) is 25.6 Å². The molecule has 0 unspecified atom stereocenters. The summed E-state index contributed by atoms with van der Waals surface area (Å²) in [4.78, 5) is 36.5. The van der Waals surface area contributed by atoms with Crippen LogP contribution >= 0.6 is 12.2 Å². The highest BCUT2D eigenvalue weighted by Gasteiger charge is 2.14. The van der Waals surface area contributed by atoms with Gasteiger partial charge in [0.05, 0.1) is 12.2 Å². The summed E-state index contributed by atoms with van der Waals surface area (Å²) in [6.07, 6.45) is 0. The molecule has 0 aliphatic heterocycles. The van der Waals surface area contributed by atoms with Gasteiger partial charge in [0.15, 0.2) is 5.11 Å². The second-order valence-electron chi connectivity index (χ2n) is 6.92. The van der Waals surface area contributed by atoms with Gasteiger partial charge in [-0.25, -0.2) is 0 Å². The van der Waals surface area contributed by atoms with E-state index >= 15 is 0 Å². The van der Waals surface area contributed by atoms with Crippen molar-refractivity contribution in [3.05, 3.63) is 59.7 Å². The number of rotatable bonds is 8. The molecule has 0 saturated heterocycles. The number of benzene rings is 2. The van der Waals surface area contributed by atoms with E-state index in [1.807, 2.05) is 0 Å². The molecule has 0 atom stereocenters. The molecule has 4 N–H and O–H groups in total. The third-order valence-corrected chi connectivity index (χ3v) is 4.34. The molecule has 170 valence electrons. The number of para-hydroxylation sites is 1. The highest BCUT2D eigenvalue weighted by atomic mass is 32.1. The van der Waals surface area contributed by atoms with Gasteiger partial charge in [-0.05, 0) is 48.6 Å². The van der Waals surface area contributed by atoms with Crippen molar-refractivity contribution in [3.8, 4) is 5.75 Å². The van der Waals surface area contributed by atoms with Crippen LogP contribution in [0, 0.1) is 5.92 Å². The molecule has 0 bridgehead atoms. The number of hydrazine groups is 1. The van der Waals surface area contributed by atoms with Crippen molar-refractivity contribution in [3.63, 3.8) is 0 Å². The molecule has 0 aliphatic carbocycles. The summed E-state index contributed by atoms with van der Waals surface area (Å²) in [7, 11) is 1.55. The van der Waals surface area contributed by atoms with Gasteiger partial charge >= 0.3 is 0 Å². The number of ether oxygens (including phenoxy) is 2. The van der Waals surface area contributed by atoms with Crippen LogP contribution in [-0.4, -0.2) is 43.2 Å². The van der Waals surface area contributed by atoms with Crippen LogP contribution in [0.4, 0.5) is 5.69 Å². The minimum Gasteiger partial charge on any atom is -0.490 e. The van der Waals surface area contributed by atoms with Crippen molar-refractivity contribution in [2.45, 2.75) is 13.8 Å². The molecule has 0 fully saturated rings. The second kappa shape index (κ2) is 12.4. The fraction of sp³-hybridized carbons (Fsp3) is 0.273. The first-order valence-electron chi connectivity index (χ1n) is 9.85. The van der Waals surface area contributed by atoms with Gasteiger partial charge in [0, 0.05) is 24.3 Å². The Morgan fingerprint density at radius 2 is 1.62 bits per heavy atom. The fourth-order valence-corrected chi connectivity index (χ4v) is 2.54. The molecule has 2 rings (SSSR count). The molecular formula is C22H26N4O5S. The average molecular weight is 459 g/mol. The van der Waals surface area contributed by atoms with E-state index in [4.69, 9.17) is 21.7 Å². The molecule has 9 nitrogen and oxygen atoms in total. The number of nitrogens with one attached hydrogen (secondary N) is 4. The van der Waals surface area contributed by atoms with E-state index in [0.29, 0.717) is 30.2 Å². The molecule has 32 heavy (non-hydrogen) atoms. The summed E-state index contributed by atoms with van der Waals surface area (Å²) < 4.78 is 10.5. The van der Waals surface area contributed by atoms with Crippen LogP contribution in [0.2, 0.25) is 0 Å². The monoisotopic (exact) mass is 458 g/mol. The number of carbonyl (C=O) groups is 3. The lowest BCUT2D eigenvalue weighted by molar-refractivity contribution is -0.118. The van der Waals surface area contributed by atoms with Crippen molar-refractivity contribution < 1.29 is 23.9 Å². The summed E-state index contributed by atoms with van der Waals surface area (Å²) in [5, 5.41) is 5.14. The van der Waals surface area contributed by atoms with E-state index in [9.17, 15) is 14.4 Å². The second-order valence-corrected chi connectivity index (χ2v) is 7.33. The Bertz CT molecular complexity index is 963. The van der Waals surface area contributed by atoms with Crippen molar-refractivity contribution >= 4 is 40.7 Å². The summed E-state index contributed by atoms with van der Waals surface area (Å²) in [5.41, 5.74) is 6.11. The zero-order valence-corrected chi connectivity index (χ0v) is 18.9. The molecule has 0 heterocycles. The minimum absolute atomic E-state index is 0.0872. The first-order valence-corrected chi connectivity index (χ1v) is 10.3. The lowest BCUT2D eigenvalue weighted by Gasteiger charge is -2.13. The Morgan fingerprint density at radius 1 is 0.938 bits per heavy atom. The lowest BCUT2D eigenvalue weighted by atomic mass is 10.1. The molecule has 2 aromatic rings. The van der Waals surface area contributed by atoms with Gasteiger partial charge in [0.1, 0.15) is 12.4 Å². The van der Waals surface area contributed by atoms with Crippen LogP contribution in [0.25, 0.3) is 0 Å². The molecule has 0 spiro atoms. The Labute approximate surface area is 191 Å². The first kappa shape index (κ1) is 24.8. The zero-order chi connectivity index (χ0) is 23.5. The first-order chi connectivity index (χ1) is 15.3. The van der Waals surface area contributed by atoms with E-state index < -0.39 is 11.8 Å². The van der Waals surface area contributed by atoms with Gasteiger partial charge in [-0.2, -0.15) is 0 Å². The normalized spacial score (nSPS) is 10.2. The Hall–Kier alpha value is -3.50. The molecule has 2 aromatic carbocycles. The number of thiocarbonyl (C=S) groups is 1. The van der Waals surface area contributed by atoms with Crippen LogP contribution in [0.1, 0.15) is 34.6 Å². The third kappa shape index (κ3) is 7.64. The van der Waals surface area contributed by atoms with Crippen molar-refractivity contribution in [1.29, 1.82) is 0 Å². The van der Waals surface area contributed by atoms with Gasteiger partial charge in [0.2, 0.25) is 5.91 Å². The number of hydrogen-bond donors (Lipinski definition) is 4. The highest BCUT2D eigenvalue weighted by Crippen LogP contribution is 2.17. The van der Waals surface area contributed by atoms with Gasteiger partial charge in [0.25, 0.3) is 11.8 Å². The Kier molecular flexibility index (Phi) is 9.58. The fourth-order valence-electron chi connectivity index (χ4n) is 2.39. The number of amides is 3. The van der Waals surface area contributed by atoms with Crippen LogP contribution in [-0.2, 0) is 9.53 Å². The number of anilines is 1. The van der Waals surface area contributed by atoms with Crippen LogP contribution < -0.4 is 26.2 Å². The van der Waals surface area contributed by atoms with Crippen LogP contribution in [0.15, 0.2) is 48.5 Å². The predicted molar refractivity (Wildman–Crippen MR) is 124 cm³/mol. The topological polar surface area (TPSA) is 118 Å². The molecule has 0 aliphatic rings. The smallest absolute Gasteiger partial charge is 0.269 e. The van der Waals surface area contributed by atoms with Crippen LogP contribution in [0.5, 0.6) is 5.75 Å². The summed E-state index contributed by atoms with van der Waals surface area (Å²) >= 11 is 5.07. The number of hydrogen-bond acceptors (Lipinski definition) is 6. The standard InChI is InChI=1S/C22H26N4O5S/c1-14(2)19(27)23-16-10-8-15(9-11-16)20(28)25-26-22(32)24-21(29)17-6-4-5-7-18(17)31-13-12-30-3/h4-11,14H,12-13H2,1-3H3,(H,23,27)(H,25,28)(H2,24,26,29,32). The molecular weight excluding hydrogens is 432 g/mol. The molecule has 0 saturated carbocycles. The zero-order valence-electron chi connectivity index (χ0n) is 18.1. The maximum Gasteiger partial charge on any atom is 0.269 e. The van der Waals surface area contributed by atoms with E-state index in [2.05, 4.69) is 21.5 Å².